The van der Waals surface area contributed by atoms with Gasteiger partial charge in [0.1, 0.15) is 5.54 Å². The number of hydrogen-bond donors (Lipinski definition) is 2. The van der Waals surface area contributed by atoms with Crippen LogP contribution in [0.25, 0.3) is 11.7 Å². The Hall–Kier alpha value is -2.15. The Morgan fingerprint density at radius 3 is 2.95 bits per heavy atom. The second-order valence-electron chi connectivity index (χ2n) is 4.73. The second-order valence-corrected chi connectivity index (χ2v) is 4.73. The lowest BCUT2D eigenvalue weighted by Crippen LogP contribution is -2.49. The van der Waals surface area contributed by atoms with E-state index in [2.05, 4.69) is 15.5 Å². The SMILES string of the molecule is CCCC(C)(NCc1noc(-c2ccco2)n1)C(=O)O. The van der Waals surface area contributed by atoms with Crippen molar-refractivity contribution in [3.8, 4) is 11.7 Å². The smallest absolute Gasteiger partial charge is 0.323 e. The molecular formula is C13H17N3O4. The normalized spacial score (nSPS) is 14.1. The lowest BCUT2D eigenvalue weighted by molar-refractivity contribution is -0.144. The molecule has 2 N–H and O–H groups in total. The van der Waals surface area contributed by atoms with E-state index in [1.807, 2.05) is 6.92 Å². The van der Waals surface area contributed by atoms with Crippen molar-refractivity contribution in [1.29, 1.82) is 0 Å². The zero-order valence-corrected chi connectivity index (χ0v) is 11.4. The molecule has 0 aromatic carbocycles. The molecule has 7 heteroatoms. The van der Waals surface area contributed by atoms with Gasteiger partial charge in [-0.1, -0.05) is 18.5 Å². The molecule has 20 heavy (non-hydrogen) atoms. The first-order valence-corrected chi connectivity index (χ1v) is 6.40. The van der Waals surface area contributed by atoms with Crippen LogP contribution in [0.15, 0.2) is 27.3 Å². The second kappa shape index (κ2) is 5.87. The number of aliphatic carboxylic acids is 1. The van der Waals surface area contributed by atoms with Crippen molar-refractivity contribution < 1.29 is 18.8 Å². The quantitative estimate of drug-likeness (QED) is 0.799. The number of carboxylic acids is 1. The van der Waals surface area contributed by atoms with E-state index >= 15 is 0 Å². The Morgan fingerprint density at radius 1 is 1.55 bits per heavy atom. The van der Waals surface area contributed by atoms with Gasteiger partial charge < -0.3 is 14.0 Å². The van der Waals surface area contributed by atoms with Crippen molar-refractivity contribution in [2.75, 3.05) is 0 Å². The number of nitrogens with one attached hydrogen (secondary N) is 1. The number of hydrogen-bond acceptors (Lipinski definition) is 6. The zero-order chi connectivity index (χ0) is 14.6. The molecule has 0 saturated heterocycles. The number of aromatic nitrogens is 2. The molecule has 2 aromatic heterocycles. The maximum atomic E-state index is 11.3. The number of nitrogens with zero attached hydrogens (tertiary/aromatic N) is 2. The highest BCUT2D eigenvalue weighted by Crippen LogP contribution is 2.18. The lowest BCUT2D eigenvalue weighted by Gasteiger charge is -2.24. The van der Waals surface area contributed by atoms with Crippen LogP contribution in [0, 0.1) is 0 Å². The van der Waals surface area contributed by atoms with Gasteiger partial charge in [-0.3, -0.25) is 10.1 Å². The summed E-state index contributed by atoms with van der Waals surface area (Å²) >= 11 is 0. The molecule has 0 aliphatic heterocycles. The van der Waals surface area contributed by atoms with Crippen molar-refractivity contribution in [2.24, 2.45) is 0 Å². The van der Waals surface area contributed by atoms with E-state index in [-0.39, 0.29) is 12.4 Å². The summed E-state index contributed by atoms with van der Waals surface area (Å²) in [6.07, 6.45) is 2.80. The van der Waals surface area contributed by atoms with E-state index < -0.39 is 11.5 Å². The minimum absolute atomic E-state index is 0.215. The van der Waals surface area contributed by atoms with E-state index in [1.54, 1.807) is 19.1 Å². The topological polar surface area (TPSA) is 101 Å². The molecule has 0 saturated carbocycles. The van der Waals surface area contributed by atoms with Gasteiger partial charge in [0.2, 0.25) is 0 Å². The third kappa shape index (κ3) is 3.05. The van der Waals surface area contributed by atoms with Crippen LogP contribution in [0.5, 0.6) is 0 Å². The Labute approximate surface area is 116 Å². The summed E-state index contributed by atoms with van der Waals surface area (Å²) in [6.45, 7) is 3.80. The predicted octanol–water partition coefficient (Wildman–Crippen LogP) is 2.06. The Balaban J connectivity index is 2.02. The van der Waals surface area contributed by atoms with Crippen LogP contribution < -0.4 is 5.32 Å². The molecule has 0 amide bonds. The molecule has 0 fully saturated rings. The van der Waals surface area contributed by atoms with E-state index in [1.165, 1.54) is 6.26 Å². The summed E-state index contributed by atoms with van der Waals surface area (Å²) in [5, 5.41) is 16.0. The Bertz CT molecular complexity index is 564. The molecule has 108 valence electrons. The van der Waals surface area contributed by atoms with E-state index in [0.29, 0.717) is 18.0 Å². The number of carbonyl (C=O) groups is 1. The fourth-order valence-corrected chi connectivity index (χ4v) is 1.87. The van der Waals surface area contributed by atoms with E-state index in [4.69, 9.17) is 8.94 Å². The summed E-state index contributed by atoms with van der Waals surface area (Å²) in [5.41, 5.74) is -1.000. The molecule has 2 aromatic rings. The van der Waals surface area contributed by atoms with Crippen LogP contribution >= 0.6 is 0 Å². The number of rotatable bonds is 7. The number of carboxylic acid groups (broad SMARTS) is 1. The van der Waals surface area contributed by atoms with Gasteiger partial charge in [-0.05, 0) is 25.5 Å². The van der Waals surface area contributed by atoms with E-state index in [9.17, 15) is 9.90 Å². The molecule has 0 aliphatic rings. The molecule has 2 heterocycles. The van der Waals surface area contributed by atoms with E-state index in [0.717, 1.165) is 6.42 Å². The Kier molecular flexibility index (Phi) is 4.19. The van der Waals surface area contributed by atoms with Gasteiger partial charge in [-0.15, -0.1) is 0 Å². The highest BCUT2D eigenvalue weighted by molar-refractivity contribution is 5.78. The molecule has 1 atom stereocenters. The highest BCUT2D eigenvalue weighted by Gasteiger charge is 2.31. The van der Waals surface area contributed by atoms with Crippen LogP contribution in [0.2, 0.25) is 0 Å². The van der Waals surface area contributed by atoms with Crippen molar-refractivity contribution in [1.82, 2.24) is 15.5 Å². The van der Waals surface area contributed by atoms with Crippen molar-refractivity contribution in [2.45, 2.75) is 38.8 Å². The summed E-state index contributed by atoms with van der Waals surface area (Å²) in [4.78, 5) is 15.4. The minimum atomic E-state index is -1.000. The first-order valence-electron chi connectivity index (χ1n) is 6.40. The average molecular weight is 279 g/mol. The lowest BCUT2D eigenvalue weighted by atomic mass is 9.96. The molecule has 1 unspecified atom stereocenters. The molecule has 0 radical (unpaired) electrons. The van der Waals surface area contributed by atoms with Gasteiger partial charge >= 0.3 is 5.97 Å². The minimum Gasteiger partial charge on any atom is -0.480 e. The highest BCUT2D eigenvalue weighted by atomic mass is 16.5. The zero-order valence-electron chi connectivity index (χ0n) is 11.4. The first kappa shape index (κ1) is 14.3. The van der Waals surface area contributed by atoms with Gasteiger partial charge in [-0.2, -0.15) is 4.98 Å². The van der Waals surface area contributed by atoms with Gasteiger partial charge in [0.15, 0.2) is 11.6 Å². The number of furan rings is 1. The van der Waals surface area contributed by atoms with Crippen LogP contribution in [-0.2, 0) is 11.3 Å². The van der Waals surface area contributed by atoms with Gasteiger partial charge in [0.25, 0.3) is 5.89 Å². The largest absolute Gasteiger partial charge is 0.480 e. The van der Waals surface area contributed by atoms with Gasteiger partial charge in [0.05, 0.1) is 12.8 Å². The molecule has 0 aliphatic carbocycles. The molecule has 0 bridgehead atoms. The van der Waals surface area contributed by atoms with Crippen LogP contribution in [0.4, 0.5) is 0 Å². The van der Waals surface area contributed by atoms with Crippen LogP contribution in [-0.4, -0.2) is 26.8 Å². The summed E-state index contributed by atoms with van der Waals surface area (Å²) < 4.78 is 10.2. The summed E-state index contributed by atoms with van der Waals surface area (Å²) in [5.74, 6) is 0.256. The predicted molar refractivity (Wildman–Crippen MR) is 69.8 cm³/mol. The van der Waals surface area contributed by atoms with Crippen molar-refractivity contribution in [3.05, 3.63) is 24.2 Å². The third-order valence-electron chi connectivity index (χ3n) is 3.06. The van der Waals surface area contributed by atoms with Crippen molar-refractivity contribution >= 4 is 5.97 Å². The molecule has 0 spiro atoms. The standard InChI is InChI=1S/C13H17N3O4/c1-3-6-13(2,12(17)18)14-8-10-15-11(20-16-10)9-5-4-7-19-9/h4-5,7,14H,3,6,8H2,1-2H3,(H,17,18). The fraction of sp³-hybridized carbons (Fsp3) is 0.462. The maximum absolute atomic E-state index is 11.3. The first-order chi connectivity index (χ1) is 9.55. The summed E-state index contributed by atoms with van der Waals surface area (Å²) in [6, 6.07) is 3.43. The summed E-state index contributed by atoms with van der Waals surface area (Å²) in [7, 11) is 0. The van der Waals surface area contributed by atoms with Crippen molar-refractivity contribution in [3.63, 3.8) is 0 Å². The molecular weight excluding hydrogens is 262 g/mol. The van der Waals surface area contributed by atoms with Crippen LogP contribution in [0.1, 0.15) is 32.5 Å². The maximum Gasteiger partial charge on any atom is 0.323 e. The third-order valence-corrected chi connectivity index (χ3v) is 3.06. The van der Waals surface area contributed by atoms with Gasteiger partial charge in [0, 0.05) is 0 Å². The molecule has 7 nitrogen and oxygen atoms in total. The van der Waals surface area contributed by atoms with Crippen LogP contribution in [0.3, 0.4) is 0 Å². The molecule has 2 rings (SSSR count). The Morgan fingerprint density at radius 2 is 2.35 bits per heavy atom. The average Bonchev–Trinajstić information content (AvgIpc) is 3.07. The van der Waals surface area contributed by atoms with Gasteiger partial charge in [-0.25, -0.2) is 0 Å². The monoisotopic (exact) mass is 279 g/mol. The fourth-order valence-electron chi connectivity index (χ4n) is 1.87.